The van der Waals surface area contributed by atoms with Crippen LogP contribution >= 0.6 is 0 Å². The number of aromatic nitrogens is 3. The number of nitrogens with zero attached hydrogens (tertiary/aromatic N) is 4. The molecule has 0 amide bonds. The molecule has 0 aliphatic heterocycles. The summed E-state index contributed by atoms with van der Waals surface area (Å²) in [6, 6.07) is 8.53. The smallest absolute Gasteiger partial charge is 0.192 e. The zero-order chi connectivity index (χ0) is 20.6. The first kappa shape index (κ1) is 21.1. The third-order valence-corrected chi connectivity index (χ3v) is 5.88. The molecule has 1 fully saturated rings. The van der Waals surface area contributed by atoms with Crippen LogP contribution in [0, 0.1) is 12.8 Å². The van der Waals surface area contributed by atoms with Gasteiger partial charge in [0, 0.05) is 13.1 Å². The van der Waals surface area contributed by atoms with Gasteiger partial charge in [-0.1, -0.05) is 38.3 Å². The number of guanidine groups is 1. The Bertz CT molecular complexity index is 798. The Morgan fingerprint density at radius 3 is 2.69 bits per heavy atom. The molecule has 0 radical (unpaired) electrons. The molecule has 1 saturated carbocycles. The number of ether oxygens (including phenoxy) is 1. The Morgan fingerprint density at radius 1 is 1.24 bits per heavy atom. The van der Waals surface area contributed by atoms with Gasteiger partial charge in [-0.05, 0) is 43.4 Å². The molecule has 0 spiro atoms. The molecule has 1 heterocycles. The van der Waals surface area contributed by atoms with E-state index in [1.54, 1.807) is 7.11 Å². The molecular formula is C22H34N6O. The molecule has 2 aromatic rings. The zero-order valence-corrected chi connectivity index (χ0v) is 18.1. The first-order chi connectivity index (χ1) is 14.1. The molecule has 1 aromatic heterocycles. The van der Waals surface area contributed by atoms with Gasteiger partial charge < -0.3 is 19.9 Å². The topological polar surface area (TPSA) is 76.4 Å². The largest absolute Gasteiger partial charge is 0.497 e. The van der Waals surface area contributed by atoms with Crippen LogP contribution in [0.2, 0.25) is 0 Å². The number of aryl methyl sites for hydroxylation is 1. The predicted molar refractivity (Wildman–Crippen MR) is 116 cm³/mol. The minimum Gasteiger partial charge on any atom is -0.497 e. The summed E-state index contributed by atoms with van der Waals surface area (Å²) in [4.78, 5) is 4.84. The Hall–Kier alpha value is -2.57. The summed E-state index contributed by atoms with van der Waals surface area (Å²) in [7, 11) is 3.67. The summed E-state index contributed by atoms with van der Waals surface area (Å²) in [6.45, 7) is 5.46. The fraction of sp³-hybridized carbons (Fsp3) is 0.591. The Kier molecular flexibility index (Phi) is 7.49. The van der Waals surface area contributed by atoms with Crippen molar-refractivity contribution >= 4 is 5.96 Å². The molecule has 158 valence electrons. The third kappa shape index (κ3) is 5.95. The van der Waals surface area contributed by atoms with Crippen LogP contribution in [0.15, 0.2) is 29.3 Å². The van der Waals surface area contributed by atoms with Gasteiger partial charge in [-0.25, -0.2) is 4.99 Å². The molecule has 3 rings (SSSR count). The molecule has 1 aliphatic rings. The summed E-state index contributed by atoms with van der Waals surface area (Å²) < 4.78 is 7.24. The van der Waals surface area contributed by atoms with E-state index in [0.29, 0.717) is 19.1 Å². The van der Waals surface area contributed by atoms with Crippen molar-refractivity contribution in [1.29, 1.82) is 0 Å². The quantitative estimate of drug-likeness (QED) is 0.553. The number of hydrogen-bond donors (Lipinski definition) is 2. The van der Waals surface area contributed by atoms with Crippen molar-refractivity contribution in [3.8, 4) is 5.75 Å². The molecule has 29 heavy (non-hydrogen) atoms. The number of benzene rings is 1. The van der Waals surface area contributed by atoms with Crippen molar-refractivity contribution in [3.05, 3.63) is 41.5 Å². The molecule has 0 bridgehead atoms. The Morgan fingerprint density at radius 2 is 2.03 bits per heavy atom. The minimum absolute atomic E-state index is 0.469. The second-order valence-corrected chi connectivity index (χ2v) is 7.87. The van der Waals surface area contributed by atoms with E-state index in [1.807, 2.05) is 30.7 Å². The third-order valence-electron chi connectivity index (χ3n) is 5.88. The average Bonchev–Trinajstić information content (AvgIpc) is 3.08. The summed E-state index contributed by atoms with van der Waals surface area (Å²) >= 11 is 0. The summed E-state index contributed by atoms with van der Waals surface area (Å²) in [5, 5.41) is 15.5. The van der Waals surface area contributed by atoms with Gasteiger partial charge in [0.2, 0.25) is 0 Å². The molecule has 7 nitrogen and oxygen atoms in total. The molecule has 2 atom stereocenters. The van der Waals surface area contributed by atoms with Crippen LogP contribution in [0.5, 0.6) is 5.75 Å². The molecule has 1 aromatic carbocycles. The average molecular weight is 399 g/mol. The van der Waals surface area contributed by atoms with Crippen molar-refractivity contribution < 1.29 is 4.74 Å². The maximum atomic E-state index is 5.24. The van der Waals surface area contributed by atoms with Crippen molar-refractivity contribution in [2.24, 2.45) is 18.0 Å². The first-order valence-electron chi connectivity index (χ1n) is 10.6. The maximum absolute atomic E-state index is 5.24. The van der Waals surface area contributed by atoms with Crippen LogP contribution in [0.4, 0.5) is 0 Å². The van der Waals surface area contributed by atoms with Crippen molar-refractivity contribution in [3.63, 3.8) is 0 Å². The van der Waals surface area contributed by atoms with E-state index in [2.05, 4.69) is 39.9 Å². The maximum Gasteiger partial charge on any atom is 0.192 e. The van der Waals surface area contributed by atoms with Gasteiger partial charge in [-0.2, -0.15) is 0 Å². The van der Waals surface area contributed by atoms with Gasteiger partial charge in [-0.15, -0.1) is 10.2 Å². The summed E-state index contributed by atoms with van der Waals surface area (Å²) in [6.07, 6.45) is 6.29. The van der Waals surface area contributed by atoms with E-state index < -0.39 is 0 Å². The van der Waals surface area contributed by atoms with Crippen LogP contribution in [0.3, 0.4) is 0 Å². The van der Waals surface area contributed by atoms with E-state index >= 15 is 0 Å². The lowest BCUT2D eigenvalue weighted by Crippen LogP contribution is -2.45. The number of aliphatic imine (C=N–C) groups is 1. The highest BCUT2D eigenvalue weighted by atomic mass is 16.5. The van der Waals surface area contributed by atoms with Gasteiger partial charge in [0.25, 0.3) is 0 Å². The SMILES string of the molecule is CCC1CCCC(NC(=NCc2ccc(OC)cc2)NCc2nnc(C)n2C)C1. The van der Waals surface area contributed by atoms with E-state index in [0.717, 1.165) is 34.8 Å². The second kappa shape index (κ2) is 10.3. The first-order valence-corrected chi connectivity index (χ1v) is 10.6. The number of rotatable bonds is 7. The van der Waals surface area contributed by atoms with E-state index in [9.17, 15) is 0 Å². The van der Waals surface area contributed by atoms with Crippen LogP contribution in [-0.2, 0) is 20.1 Å². The lowest BCUT2D eigenvalue weighted by atomic mass is 9.84. The molecular weight excluding hydrogens is 364 g/mol. The van der Waals surface area contributed by atoms with Crippen LogP contribution in [0.25, 0.3) is 0 Å². The summed E-state index contributed by atoms with van der Waals surface area (Å²) in [5.41, 5.74) is 1.15. The number of methoxy groups -OCH3 is 1. The van der Waals surface area contributed by atoms with Crippen molar-refractivity contribution in [2.45, 2.75) is 65.1 Å². The highest BCUT2D eigenvalue weighted by molar-refractivity contribution is 5.80. The molecule has 2 unspecified atom stereocenters. The van der Waals surface area contributed by atoms with Crippen LogP contribution in [0.1, 0.15) is 56.2 Å². The molecule has 1 aliphatic carbocycles. The lowest BCUT2D eigenvalue weighted by molar-refractivity contribution is 0.298. The zero-order valence-electron chi connectivity index (χ0n) is 18.1. The minimum atomic E-state index is 0.469. The summed E-state index contributed by atoms with van der Waals surface area (Å²) in [5.74, 6) is 4.31. The highest BCUT2D eigenvalue weighted by Gasteiger charge is 2.21. The fourth-order valence-corrected chi connectivity index (χ4v) is 3.81. The van der Waals surface area contributed by atoms with Gasteiger partial charge >= 0.3 is 0 Å². The normalized spacial score (nSPS) is 19.8. The Labute approximate surface area is 174 Å². The molecule has 0 saturated heterocycles. The van der Waals surface area contributed by atoms with Crippen molar-refractivity contribution in [1.82, 2.24) is 25.4 Å². The van der Waals surface area contributed by atoms with Crippen LogP contribution < -0.4 is 15.4 Å². The Balaban J connectivity index is 1.67. The molecule has 7 heteroatoms. The van der Waals surface area contributed by atoms with Gasteiger partial charge in [0.05, 0.1) is 20.2 Å². The standard InChI is InChI=1S/C22H34N6O/c1-5-17-7-6-8-19(13-17)25-22(24-15-21-27-26-16(2)28(21)3)23-14-18-9-11-20(29-4)12-10-18/h9-12,17,19H,5-8,13-15H2,1-4H3,(H2,23,24,25). The number of hydrogen-bond acceptors (Lipinski definition) is 4. The van der Waals surface area contributed by atoms with Gasteiger partial charge in [0.15, 0.2) is 11.8 Å². The fourth-order valence-electron chi connectivity index (χ4n) is 3.81. The van der Waals surface area contributed by atoms with Crippen LogP contribution in [-0.4, -0.2) is 33.9 Å². The van der Waals surface area contributed by atoms with Gasteiger partial charge in [-0.3, -0.25) is 0 Å². The van der Waals surface area contributed by atoms with E-state index in [1.165, 1.54) is 32.1 Å². The lowest BCUT2D eigenvalue weighted by Gasteiger charge is -2.30. The highest BCUT2D eigenvalue weighted by Crippen LogP contribution is 2.26. The molecule has 2 N–H and O–H groups in total. The van der Waals surface area contributed by atoms with Gasteiger partial charge in [0.1, 0.15) is 11.6 Å². The monoisotopic (exact) mass is 398 g/mol. The van der Waals surface area contributed by atoms with E-state index in [-0.39, 0.29) is 0 Å². The number of nitrogens with one attached hydrogen (secondary N) is 2. The van der Waals surface area contributed by atoms with E-state index in [4.69, 9.17) is 9.73 Å². The van der Waals surface area contributed by atoms with Crippen molar-refractivity contribution in [2.75, 3.05) is 7.11 Å². The predicted octanol–water partition coefficient (Wildman–Crippen LogP) is 3.34. The second-order valence-electron chi connectivity index (χ2n) is 7.87.